The summed E-state index contributed by atoms with van der Waals surface area (Å²) in [4.78, 5) is 11.2. The lowest BCUT2D eigenvalue weighted by Crippen LogP contribution is -2.37. The zero-order valence-corrected chi connectivity index (χ0v) is 8.58. The summed E-state index contributed by atoms with van der Waals surface area (Å²) in [5.41, 5.74) is 3.62. The molecule has 0 aliphatic carbocycles. The third-order valence-electron chi connectivity index (χ3n) is 2.28. The molecule has 4 heteroatoms. The summed E-state index contributed by atoms with van der Waals surface area (Å²) in [5.74, 6) is 0.0393. The van der Waals surface area contributed by atoms with E-state index in [1.165, 1.54) is 0 Å². The molecule has 0 spiro atoms. The maximum absolute atomic E-state index is 11.2. The standard InChI is InChI=1S/C10H11ClN2O/c1-7-6-10(14)12-13(7)9-5-3-2-4-8(9)11/h2-5,7H,6H2,1H3,(H,12,14). The molecule has 1 heterocycles. The van der Waals surface area contributed by atoms with Crippen LogP contribution in [-0.4, -0.2) is 11.9 Å². The van der Waals surface area contributed by atoms with Gasteiger partial charge in [0.05, 0.1) is 23.2 Å². The number of para-hydroxylation sites is 1. The molecule has 1 aromatic carbocycles. The number of nitrogens with zero attached hydrogens (tertiary/aromatic N) is 1. The molecule has 1 N–H and O–H groups in total. The number of hydrogen-bond donors (Lipinski definition) is 1. The number of hydrazine groups is 1. The van der Waals surface area contributed by atoms with Crippen molar-refractivity contribution < 1.29 is 4.79 Å². The van der Waals surface area contributed by atoms with Gasteiger partial charge in [-0.05, 0) is 19.1 Å². The highest BCUT2D eigenvalue weighted by Gasteiger charge is 2.27. The zero-order valence-electron chi connectivity index (χ0n) is 7.83. The van der Waals surface area contributed by atoms with Gasteiger partial charge in [-0.15, -0.1) is 0 Å². The maximum Gasteiger partial charge on any atom is 0.240 e. The Morgan fingerprint density at radius 1 is 1.50 bits per heavy atom. The summed E-state index contributed by atoms with van der Waals surface area (Å²) < 4.78 is 0. The Morgan fingerprint density at radius 2 is 2.21 bits per heavy atom. The molecule has 14 heavy (non-hydrogen) atoms. The minimum absolute atomic E-state index is 0.0393. The van der Waals surface area contributed by atoms with Crippen molar-refractivity contribution in [3.63, 3.8) is 0 Å². The van der Waals surface area contributed by atoms with Crippen molar-refractivity contribution in [2.75, 3.05) is 5.01 Å². The summed E-state index contributed by atoms with van der Waals surface area (Å²) >= 11 is 6.02. The topological polar surface area (TPSA) is 32.3 Å². The van der Waals surface area contributed by atoms with Gasteiger partial charge in [-0.2, -0.15) is 0 Å². The molecule has 1 atom stereocenters. The molecule has 0 aromatic heterocycles. The molecule has 1 aromatic rings. The van der Waals surface area contributed by atoms with Gasteiger partial charge in [0.1, 0.15) is 0 Å². The van der Waals surface area contributed by atoms with Crippen LogP contribution in [0.2, 0.25) is 5.02 Å². The van der Waals surface area contributed by atoms with E-state index < -0.39 is 0 Å². The third kappa shape index (κ3) is 1.55. The van der Waals surface area contributed by atoms with E-state index in [-0.39, 0.29) is 11.9 Å². The van der Waals surface area contributed by atoms with Crippen LogP contribution in [0.25, 0.3) is 0 Å². The van der Waals surface area contributed by atoms with E-state index in [1.54, 1.807) is 0 Å². The van der Waals surface area contributed by atoms with E-state index in [9.17, 15) is 4.79 Å². The second kappa shape index (κ2) is 3.50. The van der Waals surface area contributed by atoms with Crippen LogP contribution < -0.4 is 10.4 Å². The van der Waals surface area contributed by atoms with Crippen LogP contribution in [0.15, 0.2) is 24.3 Å². The molecule has 74 valence electrons. The smallest absolute Gasteiger partial charge is 0.240 e. The van der Waals surface area contributed by atoms with Gasteiger partial charge in [0, 0.05) is 0 Å². The first-order valence-corrected chi connectivity index (χ1v) is 4.89. The Balaban J connectivity index is 2.32. The number of carbonyl (C=O) groups excluding carboxylic acids is 1. The van der Waals surface area contributed by atoms with Crippen LogP contribution in [-0.2, 0) is 4.79 Å². The molecule has 1 aliphatic heterocycles. The highest BCUT2D eigenvalue weighted by molar-refractivity contribution is 6.33. The third-order valence-corrected chi connectivity index (χ3v) is 2.60. The van der Waals surface area contributed by atoms with Gasteiger partial charge >= 0.3 is 0 Å². The Morgan fingerprint density at radius 3 is 2.79 bits per heavy atom. The molecule has 3 nitrogen and oxygen atoms in total. The molecule has 1 aliphatic rings. The predicted octanol–water partition coefficient (Wildman–Crippen LogP) is 1.97. The lowest BCUT2D eigenvalue weighted by atomic mass is 10.2. The number of carbonyl (C=O) groups is 1. The Hall–Kier alpha value is -1.22. The number of amides is 1. The lowest BCUT2D eigenvalue weighted by Gasteiger charge is -2.23. The first-order valence-electron chi connectivity index (χ1n) is 4.52. The first-order chi connectivity index (χ1) is 6.68. The van der Waals surface area contributed by atoms with E-state index >= 15 is 0 Å². The number of anilines is 1. The van der Waals surface area contributed by atoms with Crippen LogP contribution in [0.5, 0.6) is 0 Å². The Labute approximate surface area is 87.6 Å². The van der Waals surface area contributed by atoms with Gasteiger partial charge in [0.2, 0.25) is 5.91 Å². The largest absolute Gasteiger partial charge is 0.281 e. The van der Waals surface area contributed by atoms with Crippen LogP contribution in [0.4, 0.5) is 5.69 Å². The number of nitrogens with one attached hydrogen (secondary N) is 1. The fraction of sp³-hybridized carbons (Fsp3) is 0.300. The van der Waals surface area contributed by atoms with Crippen LogP contribution in [0, 0.1) is 0 Å². The van der Waals surface area contributed by atoms with E-state index in [0.29, 0.717) is 11.4 Å². The van der Waals surface area contributed by atoms with Crippen molar-refractivity contribution >= 4 is 23.2 Å². The molecule has 1 unspecified atom stereocenters. The van der Waals surface area contributed by atoms with Crippen LogP contribution in [0.1, 0.15) is 13.3 Å². The number of rotatable bonds is 1. The Kier molecular flexibility index (Phi) is 2.33. The monoisotopic (exact) mass is 210 g/mol. The maximum atomic E-state index is 11.2. The molecule has 1 amide bonds. The molecular weight excluding hydrogens is 200 g/mol. The van der Waals surface area contributed by atoms with Gasteiger partial charge in [-0.25, -0.2) is 0 Å². The SMILES string of the molecule is CC1CC(=O)NN1c1ccccc1Cl. The molecule has 1 saturated heterocycles. The molecule has 2 rings (SSSR count). The molecule has 0 bridgehead atoms. The predicted molar refractivity (Wildman–Crippen MR) is 56.2 cm³/mol. The lowest BCUT2D eigenvalue weighted by molar-refractivity contribution is -0.119. The van der Waals surface area contributed by atoms with Gasteiger partial charge in [-0.3, -0.25) is 15.2 Å². The highest BCUT2D eigenvalue weighted by atomic mass is 35.5. The fourth-order valence-corrected chi connectivity index (χ4v) is 1.82. The average molecular weight is 211 g/mol. The van der Waals surface area contributed by atoms with Crippen molar-refractivity contribution in [3.05, 3.63) is 29.3 Å². The van der Waals surface area contributed by atoms with Gasteiger partial charge in [0.25, 0.3) is 0 Å². The Bertz CT molecular complexity index is 367. The zero-order chi connectivity index (χ0) is 10.1. The van der Waals surface area contributed by atoms with Crippen molar-refractivity contribution in [2.45, 2.75) is 19.4 Å². The minimum Gasteiger partial charge on any atom is -0.281 e. The van der Waals surface area contributed by atoms with E-state index in [1.807, 2.05) is 36.2 Å². The summed E-state index contributed by atoms with van der Waals surface area (Å²) in [6, 6.07) is 7.63. The van der Waals surface area contributed by atoms with E-state index in [4.69, 9.17) is 11.6 Å². The van der Waals surface area contributed by atoms with Crippen molar-refractivity contribution in [3.8, 4) is 0 Å². The first kappa shape index (κ1) is 9.34. The van der Waals surface area contributed by atoms with Crippen molar-refractivity contribution in [2.24, 2.45) is 0 Å². The summed E-state index contributed by atoms with van der Waals surface area (Å²) in [6.45, 7) is 1.99. The quantitative estimate of drug-likeness (QED) is 0.769. The van der Waals surface area contributed by atoms with E-state index in [0.717, 1.165) is 5.69 Å². The molecule has 0 radical (unpaired) electrons. The van der Waals surface area contributed by atoms with Gasteiger partial charge in [0.15, 0.2) is 0 Å². The van der Waals surface area contributed by atoms with Crippen LogP contribution in [0.3, 0.4) is 0 Å². The number of hydrogen-bond acceptors (Lipinski definition) is 2. The summed E-state index contributed by atoms with van der Waals surface area (Å²) in [6.07, 6.45) is 0.519. The summed E-state index contributed by atoms with van der Waals surface area (Å²) in [7, 11) is 0. The van der Waals surface area contributed by atoms with Gasteiger partial charge < -0.3 is 0 Å². The highest BCUT2D eigenvalue weighted by Crippen LogP contribution is 2.28. The second-order valence-corrected chi connectivity index (χ2v) is 3.82. The normalized spacial score (nSPS) is 21.1. The van der Waals surface area contributed by atoms with Gasteiger partial charge in [-0.1, -0.05) is 23.7 Å². The summed E-state index contributed by atoms with van der Waals surface area (Å²) in [5, 5.41) is 2.46. The molecule has 1 fully saturated rings. The van der Waals surface area contributed by atoms with Crippen molar-refractivity contribution in [1.82, 2.24) is 5.43 Å². The number of halogens is 1. The van der Waals surface area contributed by atoms with Crippen molar-refractivity contribution in [1.29, 1.82) is 0 Å². The number of benzene rings is 1. The molecular formula is C10H11ClN2O. The van der Waals surface area contributed by atoms with E-state index in [2.05, 4.69) is 5.43 Å². The fourth-order valence-electron chi connectivity index (χ4n) is 1.59. The van der Waals surface area contributed by atoms with Crippen LogP contribution >= 0.6 is 11.6 Å². The molecule has 0 saturated carbocycles. The second-order valence-electron chi connectivity index (χ2n) is 3.41. The average Bonchev–Trinajstić information content (AvgIpc) is 2.46. The minimum atomic E-state index is 0.0393.